The zero-order valence-corrected chi connectivity index (χ0v) is 8.34. The molecule has 1 aromatic heterocycles. The Labute approximate surface area is 83.0 Å². The zero-order valence-electron chi connectivity index (χ0n) is 7.45. The Morgan fingerprint density at radius 3 is 3.08 bits per heavy atom. The van der Waals surface area contributed by atoms with Gasteiger partial charge >= 0.3 is 0 Å². The molecule has 0 aromatic carbocycles. The summed E-state index contributed by atoms with van der Waals surface area (Å²) in [7, 11) is 0. The number of nitrogens with zero attached hydrogens (tertiary/aromatic N) is 1. The first-order valence-electron chi connectivity index (χ1n) is 4.02. The second kappa shape index (κ2) is 4.87. The van der Waals surface area contributed by atoms with Crippen molar-refractivity contribution in [1.29, 1.82) is 0 Å². The summed E-state index contributed by atoms with van der Waals surface area (Å²) in [6.07, 6.45) is 1.72. The molecule has 1 heterocycles. The van der Waals surface area contributed by atoms with Crippen LogP contribution in [0.1, 0.15) is 11.3 Å². The molecule has 0 aliphatic heterocycles. The third-order valence-corrected chi connectivity index (χ3v) is 2.00. The van der Waals surface area contributed by atoms with Gasteiger partial charge in [0, 0.05) is 6.20 Å². The van der Waals surface area contributed by atoms with E-state index >= 15 is 0 Å². The van der Waals surface area contributed by atoms with Gasteiger partial charge in [-0.15, -0.1) is 0 Å². The van der Waals surface area contributed by atoms with E-state index in [4.69, 9.17) is 0 Å². The Kier molecular flexibility index (Phi) is 3.76. The Morgan fingerprint density at radius 1 is 1.69 bits per heavy atom. The van der Waals surface area contributed by atoms with E-state index in [9.17, 15) is 4.79 Å². The van der Waals surface area contributed by atoms with Crippen molar-refractivity contribution in [2.75, 3.05) is 5.75 Å². The molecular weight excluding hydrogens is 184 g/mol. The quantitative estimate of drug-likeness (QED) is 0.706. The van der Waals surface area contributed by atoms with Gasteiger partial charge in [0.1, 0.15) is 0 Å². The molecule has 0 aliphatic carbocycles. The largest absolute Gasteiger partial charge is 0.350 e. The van der Waals surface area contributed by atoms with Crippen LogP contribution in [0.2, 0.25) is 0 Å². The van der Waals surface area contributed by atoms with Crippen LogP contribution in [0.25, 0.3) is 0 Å². The van der Waals surface area contributed by atoms with Crippen LogP contribution in [0, 0.1) is 6.92 Å². The number of aryl methyl sites for hydroxylation is 1. The Morgan fingerprint density at radius 2 is 2.46 bits per heavy atom. The zero-order chi connectivity index (χ0) is 9.68. The number of pyridine rings is 1. The van der Waals surface area contributed by atoms with Crippen molar-refractivity contribution in [3.8, 4) is 0 Å². The number of aromatic nitrogens is 1. The molecule has 1 amide bonds. The second-order valence-corrected chi connectivity index (χ2v) is 3.02. The van der Waals surface area contributed by atoms with Crippen LogP contribution in [0.5, 0.6) is 0 Å². The van der Waals surface area contributed by atoms with Gasteiger partial charge in [0.15, 0.2) is 0 Å². The van der Waals surface area contributed by atoms with Gasteiger partial charge in [-0.3, -0.25) is 9.78 Å². The predicted molar refractivity (Wildman–Crippen MR) is 54.7 cm³/mol. The Hall–Kier alpha value is -1.03. The summed E-state index contributed by atoms with van der Waals surface area (Å²) in [6, 6.07) is 3.84. The van der Waals surface area contributed by atoms with E-state index in [-0.39, 0.29) is 11.7 Å². The molecule has 0 saturated heterocycles. The fourth-order valence-electron chi connectivity index (χ4n) is 0.942. The topological polar surface area (TPSA) is 42.0 Å². The highest BCUT2D eigenvalue weighted by Gasteiger charge is 2.00. The van der Waals surface area contributed by atoms with Crippen molar-refractivity contribution in [2.24, 2.45) is 0 Å². The van der Waals surface area contributed by atoms with Crippen molar-refractivity contribution in [3.63, 3.8) is 0 Å². The Bertz CT molecular complexity index is 301. The van der Waals surface area contributed by atoms with Crippen LogP contribution < -0.4 is 5.32 Å². The van der Waals surface area contributed by atoms with Crippen LogP contribution in [-0.4, -0.2) is 16.6 Å². The summed E-state index contributed by atoms with van der Waals surface area (Å²) in [5.74, 6) is 0.139. The van der Waals surface area contributed by atoms with E-state index in [1.807, 2.05) is 19.1 Å². The number of hydrogen-bond donors (Lipinski definition) is 2. The van der Waals surface area contributed by atoms with Crippen molar-refractivity contribution >= 4 is 18.5 Å². The van der Waals surface area contributed by atoms with E-state index in [0.717, 1.165) is 11.3 Å². The average molecular weight is 196 g/mol. The molecule has 0 fully saturated rings. The lowest BCUT2D eigenvalue weighted by Crippen LogP contribution is -2.24. The van der Waals surface area contributed by atoms with E-state index in [1.54, 1.807) is 6.20 Å². The molecule has 3 nitrogen and oxygen atoms in total. The lowest BCUT2D eigenvalue weighted by molar-refractivity contribution is -0.118. The number of carbonyl (C=O) groups excluding carboxylic acids is 1. The minimum atomic E-state index is -0.0756. The minimum Gasteiger partial charge on any atom is -0.350 e. The molecule has 0 radical (unpaired) electrons. The van der Waals surface area contributed by atoms with E-state index in [0.29, 0.717) is 6.54 Å². The predicted octanol–water partition coefficient (Wildman–Crippen LogP) is 0.936. The molecule has 4 heteroatoms. The molecule has 13 heavy (non-hydrogen) atoms. The van der Waals surface area contributed by atoms with E-state index in [2.05, 4.69) is 22.9 Å². The summed E-state index contributed by atoms with van der Waals surface area (Å²) in [5, 5.41) is 2.71. The van der Waals surface area contributed by atoms with Gasteiger partial charge in [-0.05, 0) is 18.6 Å². The molecule has 1 aromatic rings. The maximum absolute atomic E-state index is 10.9. The minimum absolute atomic E-state index is 0.0756. The van der Waals surface area contributed by atoms with Crippen LogP contribution in [0.15, 0.2) is 18.3 Å². The summed E-state index contributed by atoms with van der Waals surface area (Å²) in [5.41, 5.74) is 1.99. The van der Waals surface area contributed by atoms with Crippen LogP contribution in [0.3, 0.4) is 0 Å². The van der Waals surface area contributed by atoms with Gasteiger partial charge in [-0.1, -0.05) is 6.07 Å². The average Bonchev–Trinajstić information content (AvgIpc) is 2.16. The molecule has 0 bridgehead atoms. The summed E-state index contributed by atoms with van der Waals surface area (Å²) in [4.78, 5) is 15.0. The van der Waals surface area contributed by atoms with Crippen molar-refractivity contribution < 1.29 is 4.79 Å². The van der Waals surface area contributed by atoms with Gasteiger partial charge in [0.05, 0.1) is 18.0 Å². The van der Waals surface area contributed by atoms with Crippen LogP contribution in [-0.2, 0) is 11.3 Å². The molecule has 70 valence electrons. The fourth-order valence-corrected chi connectivity index (χ4v) is 1.05. The first kappa shape index (κ1) is 10.1. The Balaban J connectivity index is 2.54. The fraction of sp³-hybridized carbons (Fsp3) is 0.333. The number of rotatable bonds is 3. The molecule has 0 aliphatic rings. The van der Waals surface area contributed by atoms with E-state index in [1.165, 1.54) is 0 Å². The molecular formula is C9H12N2OS. The second-order valence-electron chi connectivity index (χ2n) is 2.70. The number of nitrogens with one attached hydrogen (secondary N) is 1. The number of hydrogen-bond acceptors (Lipinski definition) is 3. The summed E-state index contributed by atoms with van der Waals surface area (Å²) in [6.45, 7) is 2.45. The highest BCUT2D eigenvalue weighted by molar-refractivity contribution is 7.81. The summed E-state index contributed by atoms with van der Waals surface area (Å²) >= 11 is 3.86. The first-order valence-corrected chi connectivity index (χ1v) is 4.65. The molecule has 0 spiro atoms. The lowest BCUT2D eigenvalue weighted by Gasteiger charge is -2.04. The third-order valence-electron chi connectivity index (χ3n) is 1.71. The van der Waals surface area contributed by atoms with Crippen molar-refractivity contribution in [3.05, 3.63) is 29.6 Å². The normalized spacial score (nSPS) is 9.69. The van der Waals surface area contributed by atoms with Crippen LogP contribution >= 0.6 is 12.6 Å². The first-order chi connectivity index (χ1) is 6.24. The van der Waals surface area contributed by atoms with Gasteiger partial charge in [-0.25, -0.2) is 0 Å². The maximum atomic E-state index is 10.9. The molecule has 0 saturated carbocycles. The smallest absolute Gasteiger partial charge is 0.230 e. The van der Waals surface area contributed by atoms with Gasteiger partial charge in [0.2, 0.25) is 5.91 Å². The highest BCUT2D eigenvalue weighted by Crippen LogP contribution is 2.01. The molecule has 0 unspecified atom stereocenters. The SMILES string of the molecule is Cc1cccnc1CNC(=O)CS. The third kappa shape index (κ3) is 3.06. The lowest BCUT2D eigenvalue weighted by atomic mass is 10.2. The number of thiol groups is 1. The van der Waals surface area contributed by atoms with Gasteiger partial charge in [-0.2, -0.15) is 12.6 Å². The van der Waals surface area contributed by atoms with Crippen LogP contribution in [0.4, 0.5) is 0 Å². The standard InChI is InChI=1S/C9H12N2OS/c1-7-3-2-4-10-8(7)5-11-9(12)6-13/h2-4,13H,5-6H2,1H3,(H,11,12). The van der Waals surface area contributed by atoms with Crippen molar-refractivity contribution in [2.45, 2.75) is 13.5 Å². The van der Waals surface area contributed by atoms with Crippen molar-refractivity contribution in [1.82, 2.24) is 10.3 Å². The highest BCUT2D eigenvalue weighted by atomic mass is 32.1. The summed E-state index contributed by atoms with van der Waals surface area (Å²) < 4.78 is 0. The maximum Gasteiger partial charge on any atom is 0.230 e. The van der Waals surface area contributed by atoms with Gasteiger partial charge < -0.3 is 5.32 Å². The molecule has 0 atom stereocenters. The van der Waals surface area contributed by atoms with Gasteiger partial charge in [0.25, 0.3) is 0 Å². The van der Waals surface area contributed by atoms with E-state index < -0.39 is 0 Å². The number of carbonyl (C=O) groups is 1. The number of amides is 1. The molecule has 1 N–H and O–H groups in total. The molecule has 1 rings (SSSR count). The monoisotopic (exact) mass is 196 g/mol.